The minimum Gasteiger partial charge on any atom is -0.378 e. The van der Waals surface area contributed by atoms with Crippen LogP contribution in [0.3, 0.4) is 0 Å². The van der Waals surface area contributed by atoms with Crippen LogP contribution in [-0.2, 0) is 24.4 Å². The lowest BCUT2D eigenvalue weighted by atomic mass is 10.3. The molecular formula is C18H22F3N7OS. The number of anilines is 1. The van der Waals surface area contributed by atoms with Gasteiger partial charge in [0, 0.05) is 25.0 Å². The molecule has 30 heavy (non-hydrogen) atoms. The first-order valence-corrected chi connectivity index (χ1v) is 10.4. The number of imidazole rings is 1. The smallest absolute Gasteiger partial charge is 0.378 e. The van der Waals surface area contributed by atoms with Crippen LogP contribution in [0.5, 0.6) is 0 Å². The summed E-state index contributed by atoms with van der Waals surface area (Å²) in [5.41, 5.74) is 1.51. The third kappa shape index (κ3) is 4.87. The number of hydrogen-bond donors (Lipinski definition) is 0. The summed E-state index contributed by atoms with van der Waals surface area (Å²) in [4.78, 5) is 21.7. The van der Waals surface area contributed by atoms with Crippen LogP contribution in [0, 0.1) is 6.92 Å². The van der Waals surface area contributed by atoms with Gasteiger partial charge in [-0.2, -0.15) is 13.2 Å². The first-order chi connectivity index (χ1) is 14.3. The van der Waals surface area contributed by atoms with Gasteiger partial charge < -0.3 is 14.2 Å². The Labute approximate surface area is 175 Å². The number of thiazole rings is 1. The Hall–Kier alpha value is -2.31. The van der Waals surface area contributed by atoms with E-state index in [2.05, 4.69) is 19.9 Å². The van der Waals surface area contributed by atoms with Crippen LogP contribution in [0.2, 0.25) is 0 Å². The highest BCUT2D eigenvalue weighted by atomic mass is 32.1. The molecule has 0 amide bonds. The topological polar surface area (TPSA) is 72.2 Å². The van der Waals surface area contributed by atoms with Gasteiger partial charge in [0.1, 0.15) is 12.4 Å². The number of aromatic nitrogens is 5. The lowest BCUT2D eigenvalue weighted by Crippen LogP contribution is -2.37. The average molecular weight is 441 g/mol. The molecule has 0 unspecified atom stereocenters. The van der Waals surface area contributed by atoms with E-state index in [0.717, 1.165) is 15.3 Å². The Morgan fingerprint density at radius 1 is 1.17 bits per heavy atom. The molecule has 0 aliphatic carbocycles. The Balaban J connectivity index is 1.66. The maximum Gasteiger partial charge on any atom is 0.406 e. The molecule has 1 aliphatic rings. The predicted octanol–water partition coefficient (Wildman–Crippen LogP) is 2.62. The molecule has 0 saturated carbocycles. The second-order valence-electron chi connectivity index (χ2n) is 7.25. The van der Waals surface area contributed by atoms with E-state index < -0.39 is 12.7 Å². The maximum absolute atomic E-state index is 13.0. The third-order valence-electron chi connectivity index (χ3n) is 4.66. The molecule has 0 spiro atoms. The van der Waals surface area contributed by atoms with Crippen LogP contribution in [-0.4, -0.2) is 68.9 Å². The van der Waals surface area contributed by atoms with Gasteiger partial charge in [-0.15, -0.1) is 11.3 Å². The largest absolute Gasteiger partial charge is 0.406 e. The van der Waals surface area contributed by atoms with Crippen molar-refractivity contribution in [3.63, 3.8) is 0 Å². The Morgan fingerprint density at radius 2 is 1.93 bits per heavy atom. The molecule has 0 aromatic carbocycles. The normalized spacial score (nSPS) is 15.5. The molecule has 1 aliphatic heterocycles. The first-order valence-electron chi connectivity index (χ1n) is 9.49. The number of alkyl halides is 3. The molecule has 0 bridgehead atoms. The van der Waals surface area contributed by atoms with Crippen LogP contribution in [0.25, 0.3) is 11.2 Å². The van der Waals surface area contributed by atoms with Gasteiger partial charge in [-0.05, 0) is 14.0 Å². The monoisotopic (exact) mass is 441 g/mol. The van der Waals surface area contributed by atoms with Crippen LogP contribution < -0.4 is 4.90 Å². The van der Waals surface area contributed by atoms with E-state index in [4.69, 9.17) is 4.74 Å². The summed E-state index contributed by atoms with van der Waals surface area (Å²) < 4.78 is 45.5. The van der Waals surface area contributed by atoms with E-state index in [1.165, 1.54) is 6.33 Å². The van der Waals surface area contributed by atoms with Crippen molar-refractivity contribution in [1.29, 1.82) is 0 Å². The number of rotatable bonds is 6. The van der Waals surface area contributed by atoms with Gasteiger partial charge in [0.25, 0.3) is 0 Å². The Bertz CT molecular complexity index is 1010. The fourth-order valence-electron chi connectivity index (χ4n) is 3.40. The Morgan fingerprint density at radius 3 is 2.60 bits per heavy atom. The maximum atomic E-state index is 13.0. The standard InChI is InChI=1S/C18H22F3N7OS/c1-12-23-13(9-30-12)7-26(2)8-14-24-16(27-3-5-29-6-4-27)15-17(25-14)28(11-22-15)10-18(19,20)21/h9,11H,3-8,10H2,1-2H3. The zero-order chi connectivity index (χ0) is 21.3. The summed E-state index contributed by atoms with van der Waals surface area (Å²) in [5.74, 6) is 1.000. The van der Waals surface area contributed by atoms with Crippen LogP contribution in [0.1, 0.15) is 16.5 Å². The lowest BCUT2D eigenvalue weighted by molar-refractivity contribution is -0.140. The number of fused-ring (bicyclic) bond motifs is 1. The molecular weight excluding hydrogens is 419 g/mol. The molecule has 162 valence electrons. The van der Waals surface area contributed by atoms with Crippen molar-refractivity contribution in [2.24, 2.45) is 0 Å². The highest BCUT2D eigenvalue weighted by molar-refractivity contribution is 7.09. The Kier molecular flexibility index (Phi) is 5.89. The summed E-state index contributed by atoms with van der Waals surface area (Å²) in [6.45, 7) is 4.05. The van der Waals surface area contributed by atoms with Gasteiger partial charge >= 0.3 is 6.18 Å². The minimum absolute atomic E-state index is 0.191. The number of nitrogens with zero attached hydrogens (tertiary/aromatic N) is 7. The number of ether oxygens (including phenoxy) is 1. The third-order valence-corrected chi connectivity index (χ3v) is 5.48. The molecule has 1 saturated heterocycles. The van der Waals surface area contributed by atoms with Crippen molar-refractivity contribution in [1.82, 2.24) is 29.4 Å². The van der Waals surface area contributed by atoms with E-state index >= 15 is 0 Å². The molecule has 4 heterocycles. The molecule has 3 aromatic heterocycles. The molecule has 8 nitrogen and oxygen atoms in total. The molecule has 0 atom stereocenters. The SMILES string of the molecule is Cc1nc(CN(C)Cc2nc(N3CCOCC3)c3ncn(CC(F)(F)F)c3n2)cs1. The fraction of sp³-hybridized carbons (Fsp3) is 0.556. The van der Waals surface area contributed by atoms with Gasteiger partial charge in [0.15, 0.2) is 17.0 Å². The second-order valence-corrected chi connectivity index (χ2v) is 8.32. The van der Waals surface area contributed by atoms with Crippen molar-refractivity contribution in [2.45, 2.75) is 32.7 Å². The van der Waals surface area contributed by atoms with Crippen LogP contribution >= 0.6 is 11.3 Å². The second kappa shape index (κ2) is 8.44. The lowest BCUT2D eigenvalue weighted by Gasteiger charge is -2.28. The summed E-state index contributed by atoms with van der Waals surface area (Å²) in [6, 6.07) is 0. The molecule has 0 N–H and O–H groups in total. The van der Waals surface area contributed by atoms with Crippen molar-refractivity contribution >= 4 is 28.3 Å². The summed E-state index contributed by atoms with van der Waals surface area (Å²) in [5, 5.41) is 2.98. The minimum atomic E-state index is -4.36. The van der Waals surface area contributed by atoms with Gasteiger partial charge in [0.2, 0.25) is 0 Å². The predicted molar refractivity (Wildman–Crippen MR) is 106 cm³/mol. The van der Waals surface area contributed by atoms with E-state index in [0.29, 0.717) is 56.6 Å². The van der Waals surface area contributed by atoms with E-state index in [-0.39, 0.29) is 5.65 Å². The molecule has 4 rings (SSSR count). The fourth-order valence-corrected chi connectivity index (χ4v) is 4.01. The van der Waals surface area contributed by atoms with Crippen molar-refractivity contribution < 1.29 is 17.9 Å². The number of halogens is 3. The highest BCUT2D eigenvalue weighted by Crippen LogP contribution is 2.26. The van der Waals surface area contributed by atoms with E-state index in [1.807, 2.05) is 29.2 Å². The van der Waals surface area contributed by atoms with Gasteiger partial charge in [0.05, 0.1) is 36.8 Å². The molecule has 1 fully saturated rings. The molecule has 3 aromatic rings. The van der Waals surface area contributed by atoms with Crippen molar-refractivity contribution in [3.8, 4) is 0 Å². The summed E-state index contributed by atoms with van der Waals surface area (Å²) in [6.07, 6.45) is -3.18. The zero-order valence-corrected chi connectivity index (χ0v) is 17.5. The van der Waals surface area contributed by atoms with Crippen LogP contribution in [0.4, 0.5) is 19.0 Å². The van der Waals surface area contributed by atoms with Gasteiger partial charge in [-0.25, -0.2) is 19.9 Å². The molecule has 0 radical (unpaired) electrons. The number of aryl methyl sites for hydroxylation is 1. The molecule has 12 heteroatoms. The summed E-state index contributed by atoms with van der Waals surface area (Å²) in [7, 11) is 1.91. The quantitative estimate of drug-likeness (QED) is 0.582. The zero-order valence-electron chi connectivity index (χ0n) is 16.7. The average Bonchev–Trinajstić information content (AvgIpc) is 3.26. The summed E-state index contributed by atoms with van der Waals surface area (Å²) >= 11 is 1.58. The van der Waals surface area contributed by atoms with E-state index in [1.54, 1.807) is 11.3 Å². The van der Waals surface area contributed by atoms with Crippen molar-refractivity contribution in [2.75, 3.05) is 38.3 Å². The van der Waals surface area contributed by atoms with Gasteiger partial charge in [-0.1, -0.05) is 0 Å². The number of hydrogen-bond acceptors (Lipinski definition) is 8. The van der Waals surface area contributed by atoms with Gasteiger partial charge in [-0.3, -0.25) is 4.90 Å². The number of morpholine rings is 1. The highest BCUT2D eigenvalue weighted by Gasteiger charge is 2.30. The van der Waals surface area contributed by atoms with Crippen LogP contribution in [0.15, 0.2) is 11.7 Å². The first kappa shape index (κ1) is 20.9. The van der Waals surface area contributed by atoms with E-state index in [9.17, 15) is 13.2 Å². The van der Waals surface area contributed by atoms with Crippen molar-refractivity contribution in [3.05, 3.63) is 28.2 Å².